The molecular formula is C11H11BrClF2NO3. The normalized spacial score (nSPS) is 9.47. The maximum atomic E-state index is 13.4. The highest BCUT2D eigenvalue weighted by Gasteiger charge is 2.11. The van der Waals surface area contributed by atoms with Gasteiger partial charge in [0.15, 0.2) is 0 Å². The molecule has 8 heteroatoms. The number of halogens is 4. The van der Waals surface area contributed by atoms with Crippen LogP contribution < -0.4 is 5.48 Å². The third-order valence-electron chi connectivity index (χ3n) is 2.00. The number of hydrogen-bond acceptors (Lipinski definition) is 3. The van der Waals surface area contributed by atoms with E-state index in [9.17, 15) is 18.4 Å². The molecule has 0 fully saturated rings. The summed E-state index contributed by atoms with van der Waals surface area (Å²) in [7, 11) is 0. The summed E-state index contributed by atoms with van der Waals surface area (Å²) >= 11 is 2.85. The molecule has 19 heavy (non-hydrogen) atoms. The first-order valence-corrected chi connectivity index (χ1v) is 5.79. The Hall–Kier alpha value is -1.21. The highest BCUT2D eigenvalue weighted by atomic mass is 79.9. The van der Waals surface area contributed by atoms with Crippen LogP contribution in [0.2, 0.25) is 0 Å². The number of hydrogen-bond donors (Lipinski definition) is 1. The van der Waals surface area contributed by atoms with E-state index in [1.165, 1.54) is 6.92 Å². The lowest BCUT2D eigenvalue weighted by atomic mass is 10.1. The Morgan fingerprint density at radius 2 is 1.95 bits per heavy atom. The van der Waals surface area contributed by atoms with Crippen LogP contribution in [-0.4, -0.2) is 11.9 Å². The van der Waals surface area contributed by atoms with E-state index in [4.69, 9.17) is 0 Å². The standard InChI is InChI=1S/C11H10BrF2NO3.ClH/c1-6(16)15-18-11(17)3-2-7-4-10(14)8(12)5-9(7)13;/h4-5H,2-3H2,1H3,(H,15,16);1H. The molecule has 0 aliphatic heterocycles. The highest BCUT2D eigenvalue weighted by molar-refractivity contribution is 9.10. The van der Waals surface area contributed by atoms with Crippen molar-refractivity contribution in [2.45, 2.75) is 19.8 Å². The Morgan fingerprint density at radius 1 is 1.32 bits per heavy atom. The van der Waals surface area contributed by atoms with Gasteiger partial charge in [0.25, 0.3) is 0 Å². The van der Waals surface area contributed by atoms with Crippen molar-refractivity contribution in [2.75, 3.05) is 0 Å². The second-order valence-corrected chi connectivity index (χ2v) is 4.34. The molecule has 0 atom stereocenters. The molecule has 1 amide bonds. The Balaban J connectivity index is 0.00000324. The van der Waals surface area contributed by atoms with Gasteiger partial charge in [-0.15, -0.1) is 12.4 Å². The Kier molecular flexibility index (Phi) is 7.55. The van der Waals surface area contributed by atoms with Gasteiger partial charge in [-0.2, -0.15) is 5.48 Å². The first-order valence-electron chi connectivity index (χ1n) is 5.00. The third-order valence-corrected chi connectivity index (χ3v) is 2.60. The Morgan fingerprint density at radius 3 is 2.53 bits per heavy atom. The minimum Gasteiger partial charge on any atom is -0.341 e. The van der Waals surface area contributed by atoms with Crippen LogP contribution in [0.15, 0.2) is 16.6 Å². The van der Waals surface area contributed by atoms with Crippen molar-refractivity contribution in [1.82, 2.24) is 5.48 Å². The fourth-order valence-corrected chi connectivity index (χ4v) is 1.49. The summed E-state index contributed by atoms with van der Waals surface area (Å²) in [5.74, 6) is -2.48. The number of aryl methyl sites for hydroxylation is 1. The van der Waals surface area contributed by atoms with Crippen LogP contribution >= 0.6 is 28.3 Å². The monoisotopic (exact) mass is 357 g/mol. The predicted molar refractivity (Wildman–Crippen MR) is 69.5 cm³/mol. The first kappa shape index (κ1) is 17.8. The molecule has 1 aromatic carbocycles. The average Bonchev–Trinajstić information content (AvgIpc) is 2.29. The van der Waals surface area contributed by atoms with Gasteiger partial charge in [0.2, 0.25) is 5.91 Å². The SMILES string of the molecule is CC(=O)NOC(=O)CCc1cc(F)c(Br)cc1F.Cl. The van der Waals surface area contributed by atoms with E-state index in [1.807, 2.05) is 5.48 Å². The molecular weight excluding hydrogens is 347 g/mol. The van der Waals surface area contributed by atoms with Crippen molar-refractivity contribution in [3.8, 4) is 0 Å². The van der Waals surface area contributed by atoms with Crippen molar-refractivity contribution in [3.63, 3.8) is 0 Å². The molecule has 0 radical (unpaired) electrons. The molecule has 0 spiro atoms. The van der Waals surface area contributed by atoms with Crippen molar-refractivity contribution in [1.29, 1.82) is 0 Å². The van der Waals surface area contributed by atoms with Gasteiger partial charge < -0.3 is 4.84 Å². The van der Waals surface area contributed by atoms with Gasteiger partial charge >= 0.3 is 5.97 Å². The molecule has 0 saturated carbocycles. The van der Waals surface area contributed by atoms with Crippen LogP contribution in [0.4, 0.5) is 8.78 Å². The molecule has 0 aliphatic rings. The van der Waals surface area contributed by atoms with Crippen LogP contribution in [-0.2, 0) is 20.8 Å². The largest absolute Gasteiger partial charge is 0.341 e. The van der Waals surface area contributed by atoms with Gasteiger partial charge in [-0.3, -0.25) is 4.79 Å². The number of rotatable bonds is 3. The molecule has 0 unspecified atom stereocenters. The third kappa shape index (κ3) is 5.98. The summed E-state index contributed by atoms with van der Waals surface area (Å²) < 4.78 is 26.5. The van der Waals surface area contributed by atoms with Crippen LogP contribution in [0.25, 0.3) is 0 Å². The number of nitrogens with one attached hydrogen (secondary N) is 1. The van der Waals surface area contributed by atoms with Crippen LogP contribution in [0.3, 0.4) is 0 Å². The van der Waals surface area contributed by atoms with Crippen molar-refractivity contribution in [3.05, 3.63) is 33.8 Å². The summed E-state index contributed by atoms with van der Waals surface area (Å²) in [4.78, 5) is 25.9. The molecule has 106 valence electrons. The minimum absolute atomic E-state index is 0. The van der Waals surface area contributed by atoms with E-state index < -0.39 is 23.5 Å². The van der Waals surface area contributed by atoms with Crippen molar-refractivity contribution in [2.24, 2.45) is 0 Å². The zero-order valence-corrected chi connectivity index (χ0v) is 12.2. The molecule has 0 aromatic heterocycles. The lowest BCUT2D eigenvalue weighted by Gasteiger charge is -2.05. The van der Waals surface area contributed by atoms with E-state index >= 15 is 0 Å². The van der Waals surface area contributed by atoms with Crippen molar-refractivity contribution < 1.29 is 23.2 Å². The van der Waals surface area contributed by atoms with E-state index in [1.54, 1.807) is 0 Å². The summed E-state index contributed by atoms with van der Waals surface area (Å²) in [6, 6.07) is 1.99. The maximum absolute atomic E-state index is 13.4. The van der Waals surface area contributed by atoms with E-state index in [2.05, 4.69) is 20.8 Å². The summed E-state index contributed by atoms with van der Waals surface area (Å²) in [5.41, 5.74) is 1.92. The van der Waals surface area contributed by atoms with E-state index in [0.29, 0.717) is 0 Å². The summed E-state index contributed by atoms with van der Waals surface area (Å²) in [6.45, 7) is 1.18. The molecule has 0 heterocycles. The number of carbonyl (C=O) groups is 2. The van der Waals surface area contributed by atoms with Gasteiger partial charge in [-0.1, -0.05) is 0 Å². The van der Waals surface area contributed by atoms with E-state index in [-0.39, 0.29) is 35.3 Å². The molecule has 0 saturated heterocycles. The van der Waals surface area contributed by atoms with Gasteiger partial charge in [0.05, 0.1) is 10.9 Å². The van der Waals surface area contributed by atoms with Crippen LogP contribution in [0.5, 0.6) is 0 Å². The zero-order valence-electron chi connectivity index (χ0n) is 9.84. The van der Waals surface area contributed by atoms with Crippen LogP contribution in [0, 0.1) is 11.6 Å². The number of hydroxylamine groups is 1. The lowest BCUT2D eigenvalue weighted by Crippen LogP contribution is -2.24. The zero-order chi connectivity index (χ0) is 13.7. The fraction of sp³-hybridized carbons (Fsp3) is 0.273. The maximum Gasteiger partial charge on any atom is 0.332 e. The average molecular weight is 359 g/mol. The van der Waals surface area contributed by atoms with Gasteiger partial charge in [0.1, 0.15) is 11.6 Å². The quantitative estimate of drug-likeness (QED) is 0.668. The molecule has 1 N–H and O–H groups in total. The highest BCUT2D eigenvalue weighted by Crippen LogP contribution is 2.20. The number of carbonyl (C=O) groups excluding carboxylic acids is 2. The predicted octanol–water partition coefficient (Wildman–Crippen LogP) is 2.68. The van der Waals surface area contributed by atoms with Gasteiger partial charge in [0, 0.05) is 6.92 Å². The molecule has 4 nitrogen and oxygen atoms in total. The lowest BCUT2D eigenvalue weighted by molar-refractivity contribution is -0.157. The molecule has 1 rings (SSSR count). The smallest absolute Gasteiger partial charge is 0.332 e. The Labute approximate surface area is 123 Å². The summed E-state index contributed by atoms with van der Waals surface area (Å²) in [6.07, 6.45) is -0.188. The second kappa shape index (κ2) is 8.06. The second-order valence-electron chi connectivity index (χ2n) is 3.49. The molecule has 1 aromatic rings. The molecule has 0 bridgehead atoms. The summed E-state index contributed by atoms with van der Waals surface area (Å²) in [5, 5.41) is 0. The number of amides is 1. The van der Waals surface area contributed by atoms with E-state index in [0.717, 1.165) is 12.1 Å². The molecule has 0 aliphatic carbocycles. The van der Waals surface area contributed by atoms with Crippen molar-refractivity contribution >= 4 is 40.2 Å². The fourth-order valence-electron chi connectivity index (χ4n) is 1.17. The Bertz CT molecular complexity index is 485. The van der Waals surface area contributed by atoms with Crippen LogP contribution in [0.1, 0.15) is 18.9 Å². The number of benzene rings is 1. The topological polar surface area (TPSA) is 55.4 Å². The van der Waals surface area contributed by atoms with Gasteiger partial charge in [-0.05, 0) is 40.0 Å². The van der Waals surface area contributed by atoms with Gasteiger partial charge in [-0.25, -0.2) is 13.6 Å². The first-order chi connectivity index (χ1) is 8.40. The minimum atomic E-state index is -0.729.